The van der Waals surface area contributed by atoms with Crippen molar-refractivity contribution in [2.75, 3.05) is 0 Å². The highest BCUT2D eigenvalue weighted by molar-refractivity contribution is 9.10. The lowest BCUT2D eigenvalue weighted by Gasteiger charge is -1.94. The zero-order valence-electron chi connectivity index (χ0n) is 7.48. The number of aromatic carboxylic acids is 1. The van der Waals surface area contributed by atoms with Crippen LogP contribution in [0.15, 0.2) is 39.3 Å². The monoisotopic (exact) mass is 267 g/mol. The summed E-state index contributed by atoms with van der Waals surface area (Å²) < 4.78 is 5.60. The molecule has 0 bridgehead atoms. The minimum absolute atomic E-state index is 0.159. The fourth-order valence-corrected chi connectivity index (χ4v) is 1.40. The third-order valence-electron chi connectivity index (χ3n) is 1.86. The lowest BCUT2D eigenvalue weighted by Crippen LogP contribution is -1.91. The summed E-state index contributed by atoms with van der Waals surface area (Å²) >= 11 is 3.31. The van der Waals surface area contributed by atoms with Gasteiger partial charge in [-0.2, -0.15) is 0 Å². The Balaban J connectivity index is 2.37. The standard InChI is InChI=1S/C10H6BrNO3/c11-7-3-1-6(2-4-7)8-5-9(10(13)14)15-12-8/h1-5H,(H,13,14). The summed E-state index contributed by atoms with van der Waals surface area (Å²) in [6.07, 6.45) is 0. The van der Waals surface area contributed by atoms with Gasteiger partial charge in [0.15, 0.2) is 0 Å². The molecule has 4 nitrogen and oxygen atoms in total. The van der Waals surface area contributed by atoms with Gasteiger partial charge in [-0.05, 0) is 12.1 Å². The second-order valence-corrected chi connectivity index (χ2v) is 3.80. The van der Waals surface area contributed by atoms with E-state index < -0.39 is 5.97 Å². The predicted octanol–water partition coefficient (Wildman–Crippen LogP) is 2.80. The zero-order valence-corrected chi connectivity index (χ0v) is 9.06. The quantitative estimate of drug-likeness (QED) is 0.909. The fourth-order valence-electron chi connectivity index (χ4n) is 1.13. The van der Waals surface area contributed by atoms with Crippen LogP contribution in [0.4, 0.5) is 0 Å². The second-order valence-electron chi connectivity index (χ2n) is 2.89. The van der Waals surface area contributed by atoms with Crippen LogP contribution in [0.5, 0.6) is 0 Å². The highest BCUT2D eigenvalue weighted by Gasteiger charge is 2.11. The SMILES string of the molecule is O=C(O)c1cc(-c2ccc(Br)cc2)no1. The van der Waals surface area contributed by atoms with Crippen molar-refractivity contribution in [3.63, 3.8) is 0 Å². The molecule has 0 fully saturated rings. The van der Waals surface area contributed by atoms with E-state index in [0.29, 0.717) is 5.69 Å². The van der Waals surface area contributed by atoms with Crippen LogP contribution in [0.2, 0.25) is 0 Å². The molecule has 0 spiro atoms. The number of carboxylic acids is 1. The van der Waals surface area contributed by atoms with Gasteiger partial charge < -0.3 is 9.63 Å². The van der Waals surface area contributed by atoms with Crippen molar-refractivity contribution in [3.05, 3.63) is 40.6 Å². The minimum Gasteiger partial charge on any atom is -0.475 e. The van der Waals surface area contributed by atoms with Gasteiger partial charge in [0.25, 0.3) is 0 Å². The highest BCUT2D eigenvalue weighted by Crippen LogP contribution is 2.21. The predicted molar refractivity (Wildman–Crippen MR) is 56.6 cm³/mol. The molecule has 0 saturated heterocycles. The molecule has 1 aromatic carbocycles. The molecular formula is C10H6BrNO3. The van der Waals surface area contributed by atoms with E-state index in [0.717, 1.165) is 10.0 Å². The Morgan fingerprint density at radius 3 is 2.53 bits per heavy atom. The largest absolute Gasteiger partial charge is 0.475 e. The number of carboxylic acid groups (broad SMARTS) is 1. The molecule has 1 N–H and O–H groups in total. The van der Waals surface area contributed by atoms with Crippen molar-refractivity contribution < 1.29 is 14.4 Å². The minimum atomic E-state index is -1.12. The number of rotatable bonds is 2. The molecule has 0 atom stereocenters. The molecular weight excluding hydrogens is 262 g/mol. The molecule has 0 aliphatic rings. The molecule has 5 heteroatoms. The maximum Gasteiger partial charge on any atom is 0.374 e. The van der Waals surface area contributed by atoms with Gasteiger partial charge >= 0.3 is 5.97 Å². The van der Waals surface area contributed by atoms with Crippen LogP contribution in [-0.4, -0.2) is 16.2 Å². The molecule has 76 valence electrons. The van der Waals surface area contributed by atoms with E-state index in [4.69, 9.17) is 5.11 Å². The van der Waals surface area contributed by atoms with Crippen molar-refractivity contribution in [2.45, 2.75) is 0 Å². The Morgan fingerprint density at radius 1 is 1.33 bits per heavy atom. The summed E-state index contributed by atoms with van der Waals surface area (Å²) in [5.74, 6) is -1.28. The van der Waals surface area contributed by atoms with Crippen LogP contribution in [0, 0.1) is 0 Å². The lowest BCUT2D eigenvalue weighted by molar-refractivity contribution is 0.0652. The molecule has 0 amide bonds. The van der Waals surface area contributed by atoms with Crippen molar-refractivity contribution in [3.8, 4) is 11.3 Å². The normalized spacial score (nSPS) is 10.2. The first-order chi connectivity index (χ1) is 7.16. The van der Waals surface area contributed by atoms with E-state index >= 15 is 0 Å². The summed E-state index contributed by atoms with van der Waals surface area (Å²) in [4.78, 5) is 10.6. The molecule has 0 unspecified atom stereocenters. The maximum absolute atomic E-state index is 10.6. The van der Waals surface area contributed by atoms with Crippen LogP contribution in [0.1, 0.15) is 10.6 Å². The Morgan fingerprint density at radius 2 is 2.00 bits per heavy atom. The topological polar surface area (TPSA) is 63.3 Å². The third-order valence-corrected chi connectivity index (χ3v) is 2.39. The van der Waals surface area contributed by atoms with Crippen LogP contribution in [0.25, 0.3) is 11.3 Å². The Kier molecular flexibility index (Phi) is 2.55. The number of benzene rings is 1. The van der Waals surface area contributed by atoms with Crippen molar-refractivity contribution in [2.24, 2.45) is 0 Å². The van der Waals surface area contributed by atoms with Gasteiger partial charge in [-0.25, -0.2) is 4.79 Å². The summed E-state index contributed by atoms with van der Waals surface area (Å²) in [6, 6.07) is 8.75. The van der Waals surface area contributed by atoms with E-state index in [1.54, 1.807) is 0 Å². The van der Waals surface area contributed by atoms with Gasteiger partial charge in [-0.3, -0.25) is 0 Å². The Labute approximate surface area is 93.6 Å². The van der Waals surface area contributed by atoms with E-state index in [-0.39, 0.29) is 5.76 Å². The molecule has 0 radical (unpaired) electrons. The van der Waals surface area contributed by atoms with Gasteiger partial charge in [-0.1, -0.05) is 33.2 Å². The van der Waals surface area contributed by atoms with Gasteiger partial charge in [0.1, 0.15) is 5.69 Å². The molecule has 0 saturated carbocycles. The first-order valence-electron chi connectivity index (χ1n) is 4.13. The maximum atomic E-state index is 10.6. The van der Waals surface area contributed by atoms with Crippen molar-refractivity contribution >= 4 is 21.9 Å². The molecule has 15 heavy (non-hydrogen) atoms. The molecule has 1 aromatic heterocycles. The van der Waals surface area contributed by atoms with Gasteiger partial charge in [-0.15, -0.1) is 0 Å². The zero-order chi connectivity index (χ0) is 10.8. The summed E-state index contributed by atoms with van der Waals surface area (Å²) in [5.41, 5.74) is 1.33. The summed E-state index contributed by atoms with van der Waals surface area (Å²) in [7, 11) is 0. The van der Waals surface area contributed by atoms with Crippen molar-refractivity contribution in [1.82, 2.24) is 5.16 Å². The average molecular weight is 268 g/mol. The number of carbonyl (C=O) groups is 1. The number of halogens is 1. The highest BCUT2D eigenvalue weighted by atomic mass is 79.9. The lowest BCUT2D eigenvalue weighted by atomic mass is 10.1. The van der Waals surface area contributed by atoms with Crippen LogP contribution < -0.4 is 0 Å². The van der Waals surface area contributed by atoms with Crippen LogP contribution >= 0.6 is 15.9 Å². The molecule has 0 aliphatic heterocycles. The van der Waals surface area contributed by atoms with Crippen molar-refractivity contribution in [1.29, 1.82) is 0 Å². The van der Waals surface area contributed by atoms with E-state index in [9.17, 15) is 4.79 Å². The van der Waals surface area contributed by atoms with E-state index in [2.05, 4.69) is 25.6 Å². The molecule has 1 heterocycles. The Hall–Kier alpha value is -1.62. The van der Waals surface area contributed by atoms with Crippen LogP contribution in [-0.2, 0) is 0 Å². The average Bonchev–Trinajstić information content (AvgIpc) is 2.68. The molecule has 2 rings (SSSR count). The fraction of sp³-hybridized carbons (Fsp3) is 0. The number of hydrogen-bond donors (Lipinski definition) is 1. The number of nitrogens with zero attached hydrogens (tertiary/aromatic N) is 1. The Bertz CT molecular complexity index is 490. The first-order valence-corrected chi connectivity index (χ1v) is 4.92. The van der Waals surface area contributed by atoms with Gasteiger partial charge in [0.2, 0.25) is 5.76 Å². The number of hydrogen-bond acceptors (Lipinski definition) is 3. The molecule has 0 aliphatic carbocycles. The summed E-state index contributed by atoms with van der Waals surface area (Å²) in [5, 5.41) is 12.3. The smallest absolute Gasteiger partial charge is 0.374 e. The molecule has 2 aromatic rings. The third kappa shape index (κ3) is 2.07. The van der Waals surface area contributed by atoms with Gasteiger partial charge in [0.05, 0.1) is 0 Å². The van der Waals surface area contributed by atoms with Gasteiger partial charge in [0, 0.05) is 16.1 Å². The summed E-state index contributed by atoms with van der Waals surface area (Å²) in [6.45, 7) is 0. The first kappa shape index (κ1) is 9.92. The number of aromatic nitrogens is 1. The van der Waals surface area contributed by atoms with E-state index in [1.165, 1.54) is 6.07 Å². The van der Waals surface area contributed by atoms with Crippen LogP contribution in [0.3, 0.4) is 0 Å². The second kappa shape index (κ2) is 3.86. The van der Waals surface area contributed by atoms with E-state index in [1.807, 2.05) is 24.3 Å².